The van der Waals surface area contributed by atoms with Crippen LogP contribution in [0.15, 0.2) is 18.3 Å². The zero-order valence-corrected chi connectivity index (χ0v) is 9.10. The molecule has 1 aromatic heterocycles. The molecule has 0 bridgehead atoms. The molecule has 1 heterocycles. The molecule has 0 aliphatic rings. The summed E-state index contributed by atoms with van der Waals surface area (Å²) in [5, 5.41) is 2.01. The number of aryl methyl sites for hydroxylation is 2. The first-order valence-corrected chi connectivity index (χ1v) is 4.96. The van der Waals surface area contributed by atoms with Gasteiger partial charge < -0.3 is 10.3 Å². The van der Waals surface area contributed by atoms with Crippen molar-refractivity contribution in [1.82, 2.24) is 4.57 Å². The molecule has 0 atom stereocenters. The molecule has 0 spiro atoms. The number of fused-ring (bicyclic) bond motifs is 1. The number of hydrogen-bond donors (Lipinski definition) is 1. The van der Waals surface area contributed by atoms with Gasteiger partial charge in [0.2, 0.25) is 0 Å². The Hall–Kier alpha value is -0.990. The largest absolute Gasteiger partial charge is 0.350 e. The Morgan fingerprint density at radius 1 is 1.43 bits per heavy atom. The molecular formula is C11H13ClN2. The number of benzene rings is 1. The first-order chi connectivity index (χ1) is 6.65. The van der Waals surface area contributed by atoms with Gasteiger partial charge in [0.1, 0.15) is 0 Å². The van der Waals surface area contributed by atoms with Crippen LogP contribution in [0.4, 0.5) is 0 Å². The van der Waals surface area contributed by atoms with Crippen LogP contribution in [0.1, 0.15) is 11.1 Å². The molecule has 0 amide bonds. The number of halogens is 1. The van der Waals surface area contributed by atoms with Crippen molar-refractivity contribution in [3.05, 3.63) is 34.5 Å². The molecule has 0 saturated carbocycles. The van der Waals surface area contributed by atoms with E-state index in [1.54, 1.807) is 0 Å². The van der Waals surface area contributed by atoms with Gasteiger partial charge in [-0.25, -0.2) is 0 Å². The van der Waals surface area contributed by atoms with E-state index in [9.17, 15) is 0 Å². The highest BCUT2D eigenvalue weighted by Crippen LogP contribution is 2.28. The molecule has 2 rings (SSSR count). The number of aromatic nitrogens is 1. The van der Waals surface area contributed by atoms with Gasteiger partial charge in [0.25, 0.3) is 0 Å². The summed E-state index contributed by atoms with van der Waals surface area (Å²) in [4.78, 5) is 0. The molecule has 0 aliphatic carbocycles. The van der Waals surface area contributed by atoms with Crippen LogP contribution in [0.3, 0.4) is 0 Å². The lowest BCUT2D eigenvalue weighted by atomic mass is 10.1. The summed E-state index contributed by atoms with van der Waals surface area (Å²) in [5.74, 6) is 0. The minimum atomic E-state index is 0.568. The zero-order chi connectivity index (χ0) is 10.3. The van der Waals surface area contributed by atoms with E-state index in [4.69, 9.17) is 17.3 Å². The van der Waals surface area contributed by atoms with Gasteiger partial charge in [0, 0.05) is 30.2 Å². The normalized spacial score (nSPS) is 11.1. The quantitative estimate of drug-likeness (QED) is 0.768. The molecule has 14 heavy (non-hydrogen) atoms. The molecule has 3 heteroatoms. The third-order valence-electron chi connectivity index (χ3n) is 2.63. The van der Waals surface area contributed by atoms with E-state index in [1.165, 1.54) is 16.5 Å². The van der Waals surface area contributed by atoms with E-state index in [2.05, 4.69) is 10.8 Å². The summed E-state index contributed by atoms with van der Waals surface area (Å²) < 4.78 is 2.08. The molecule has 0 aliphatic heterocycles. The lowest BCUT2D eigenvalue weighted by Gasteiger charge is -2.03. The van der Waals surface area contributed by atoms with Crippen LogP contribution in [-0.4, -0.2) is 4.57 Å². The number of nitrogens with zero attached hydrogens (tertiary/aromatic N) is 1. The maximum atomic E-state index is 6.07. The number of rotatable bonds is 1. The molecule has 74 valence electrons. The highest BCUT2D eigenvalue weighted by Gasteiger charge is 2.09. The maximum Gasteiger partial charge on any atom is 0.0525 e. The van der Waals surface area contributed by atoms with Gasteiger partial charge in [0.15, 0.2) is 0 Å². The van der Waals surface area contributed by atoms with Crippen LogP contribution in [0.2, 0.25) is 5.02 Å². The highest BCUT2D eigenvalue weighted by molar-refractivity contribution is 6.32. The molecule has 0 saturated heterocycles. The van der Waals surface area contributed by atoms with Crippen LogP contribution >= 0.6 is 11.6 Å². The van der Waals surface area contributed by atoms with Crippen molar-refractivity contribution < 1.29 is 0 Å². The summed E-state index contributed by atoms with van der Waals surface area (Å²) in [7, 11) is 2.02. The highest BCUT2D eigenvalue weighted by atomic mass is 35.5. The van der Waals surface area contributed by atoms with E-state index in [1.807, 2.05) is 26.1 Å². The van der Waals surface area contributed by atoms with Gasteiger partial charge in [-0.05, 0) is 24.1 Å². The van der Waals surface area contributed by atoms with Crippen LogP contribution in [0.5, 0.6) is 0 Å². The summed E-state index contributed by atoms with van der Waals surface area (Å²) in [6.45, 7) is 2.60. The number of nitrogens with two attached hydrogens (primary N) is 1. The summed E-state index contributed by atoms with van der Waals surface area (Å²) in [6.07, 6.45) is 2.06. The van der Waals surface area contributed by atoms with Crippen LogP contribution in [-0.2, 0) is 13.6 Å². The van der Waals surface area contributed by atoms with Crippen LogP contribution < -0.4 is 5.73 Å². The van der Waals surface area contributed by atoms with Crippen molar-refractivity contribution in [2.45, 2.75) is 13.5 Å². The summed E-state index contributed by atoms with van der Waals surface area (Å²) >= 11 is 6.07. The fourth-order valence-corrected chi connectivity index (χ4v) is 2.07. The SMILES string of the molecule is Cc1c(Cl)ccc2c(CN)cn(C)c12. The van der Waals surface area contributed by atoms with Crippen molar-refractivity contribution in [2.75, 3.05) is 0 Å². The first kappa shape index (κ1) is 9.56. The fraction of sp³-hybridized carbons (Fsp3) is 0.273. The predicted octanol–water partition coefficient (Wildman–Crippen LogP) is 2.60. The smallest absolute Gasteiger partial charge is 0.0525 e. The van der Waals surface area contributed by atoms with Crippen molar-refractivity contribution in [3.8, 4) is 0 Å². The summed E-state index contributed by atoms with van der Waals surface area (Å²) in [5.41, 5.74) is 9.14. The Kier molecular flexibility index (Phi) is 2.25. The van der Waals surface area contributed by atoms with Crippen LogP contribution in [0, 0.1) is 6.92 Å². The van der Waals surface area contributed by atoms with E-state index >= 15 is 0 Å². The van der Waals surface area contributed by atoms with Gasteiger partial charge in [-0.15, -0.1) is 0 Å². The minimum absolute atomic E-state index is 0.568. The molecule has 2 nitrogen and oxygen atoms in total. The average Bonchev–Trinajstić information content (AvgIpc) is 2.49. The Labute approximate surface area is 88.3 Å². The zero-order valence-electron chi connectivity index (χ0n) is 8.34. The fourth-order valence-electron chi connectivity index (χ4n) is 1.92. The second-order valence-corrected chi connectivity index (χ2v) is 3.95. The van der Waals surface area contributed by atoms with Crippen molar-refractivity contribution >= 4 is 22.5 Å². The molecular weight excluding hydrogens is 196 g/mol. The van der Waals surface area contributed by atoms with Crippen molar-refractivity contribution in [1.29, 1.82) is 0 Å². The van der Waals surface area contributed by atoms with E-state index < -0.39 is 0 Å². The van der Waals surface area contributed by atoms with Crippen LogP contribution in [0.25, 0.3) is 10.9 Å². The van der Waals surface area contributed by atoms with E-state index in [-0.39, 0.29) is 0 Å². The molecule has 0 radical (unpaired) electrons. The Balaban J connectivity index is 2.89. The average molecular weight is 209 g/mol. The first-order valence-electron chi connectivity index (χ1n) is 4.58. The lowest BCUT2D eigenvalue weighted by Crippen LogP contribution is -1.94. The summed E-state index contributed by atoms with van der Waals surface area (Å²) in [6, 6.07) is 3.96. The third kappa shape index (κ3) is 1.22. The third-order valence-corrected chi connectivity index (χ3v) is 3.04. The van der Waals surface area contributed by atoms with E-state index in [0.717, 1.165) is 10.6 Å². The number of hydrogen-bond acceptors (Lipinski definition) is 1. The standard InChI is InChI=1S/C11H13ClN2/c1-7-10(12)4-3-9-8(5-13)6-14(2)11(7)9/h3-4,6H,5,13H2,1-2H3. The minimum Gasteiger partial charge on any atom is -0.350 e. The predicted molar refractivity (Wildman–Crippen MR) is 60.6 cm³/mol. The van der Waals surface area contributed by atoms with Gasteiger partial charge in [0.05, 0.1) is 5.52 Å². The molecule has 0 unspecified atom stereocenters. The second-order valence-electron chi connectivity index (χ2n) is 3.54. The lowest BCUT2D eigenvalue weighted by molar-refractivity contribution is 0.945. The van der Waals surface area contributed by atoms with Gasteiger partial charge in [-0.1, -0.05) is 17.7 Å². The Bertz CT molecular complexity index is 485. The van der Waals surface area contributed by atoms with Crippen molar-refractivity contribution in [2.24, 2.45) is 12.8 Å². The molecule has 0 fully saturated rings. The van der Waals surface area contributed by atoms with Gasteiger partial charge >= 0.3 is 0 Å². The van der Waals surface area contributed by atoms with Gasteiger partial charge in [-0.3, -0.25) is 0 Å². The second kappa shape index (κ2) is 3.30. The maximum absolute atomic E-state index is 6.07. The van der Waals surface area contributed by atoms with Gasteiger partial charge in [-0.2, -0.15) is 0 Å². The molecule has 2 N–H and O–H groups in total. The van der Waals surface area contributed by atoms with Crippen molar-refractivity contribution in [3.63, 3.8) is 0 Å². The Morgan fingerprint density at radius 3 is 2.79 bits per heavy atom. The Morgan fingerprint density at radius 2 is 2.14 bits per heavy atom. The molecule has 2 aromatic rings. The molecule has 1 aromatic carbocycles. The topological polar surface area (TPSA) is 30.9 Å². The van der Waals surface area contributed by atoms with E-state index in [0.29, 0.717) is 6.54 Å². The monoisotopic (exact) mass is 208 g/mol.